The summed E-state index contributed by atoms with van der Waals surface area (Å²) in [5.41, 5.74) is -0.345. The molecule has 0 fully saturated rings. The van der Waals surface area contributed by atoms with E-state index < -0.39 is 17.2 Å². The van der Waals surface area contributed by atoms with E-state index in [1.54, 1.807) is 36.5 Å². The van der Waals surface area contributed by atoms with E-state index in [1.807, 2.05) is 0 Å². The van der Waals surface area contributed by atoms with Gasteiger partial charge in [-0.15, -0.1) is 0 Å². The number of benzene rings is 1. The van der Waals surface area contributed by atoms with Crippen LogP contribution in [0.25, 0.3) is 0 Å². The number of carbonyl (C=O) groups is 1. The third-order valence-corrected chi connectivity index (χ3v) is 4.53. The summed E-state index contributed by atoms with van der Waals surface area (Å²) >= 11 is 0. The Morgan fingerprint density at radius 2 is 1.81 bits per heavy atom. The lowest BCUT2D eigenvalue weighted by molar-refractivity contribution is 0.0948. The molecule has 0 bridgehead atoms. The Bertz CT molecular complexity index is 1160. The van der Waals surface area contributed by atoms with Gasteiger partial charge in [0, 0.05) is 18.9 Å². The van der Waals surface area contributed by atoms with E-state index in [2.05, 4.69) is 15.3 Å². The molecule has 3 rings (SSSR count). The van der Waals surface area contributed by atoms with Crippen molar-refractivity contribution in [2.24, 2.45) is 0 Å². The fourth-order valence-corrected chi connectivity index (χ4v) is 2.99. The zero-order valence-electron chi connectivity index (χ0n) is 17.3. The molecule has 0 unspecified atom stereocenters. The van der Waals surface area contributed by atoms with E-state index in [0.717, 1.165) is 10.8 Å². The summed E-state index contributed by atoms with van der Waals surface area (Å²) in [6.07, 6.45) is 2.66. The van der Waals surface area contributed by atoms with E-state index >= 15 is 0 Å². The number of nitrogens with zero attached hydrogens (tertiary/aromatic N) is 2. The smallest absolute Gasteiger partial charge is 0.328 e. The van der Waals surface area contributed by atoms with Crippen molar-refractivity contribution in [1.82, 2.24) is 19.9 Å². The molecule has 0 aliphatic heterocycles. The number of rotatable bonds is 8. The topological polar surface area (TPSA) is 125 Å². The first-order valence-corrected chi connectivity index (χ1v) is 9.28. The molecule has 1 amide bonds. The molecule has 2 heterocycles. The molecular weight excluding hydrogens is 404 g/mol. The van der Waals surface area contributed by atoms with Crippen LogP contribution in [0.4, 0.5) is 0 Å². The molecule has 162 valence electrons. The number of hydrogen-bond donors (Lipinski definition) is 2. The number of amides is 1. The van der Waals surface area contributed by atoms with E-state index in [-0.39, 0.29) is 18.7 Å². The Hall–Kier alpha value is -4.08. The molecule has 0 aliphatic rings. The predicted molar refractivity (Wildman–Crippen MR) is 112 cm³/mol. The molecule has 3 aromatic rings. The van der Waals surface area contributed by atoms with E-state index in [0.29, 0.717) is 28.5 Å². The number of pyridine rings is 1. The molecule has 0 saturated carbocycles. The van der Waals surface area contributed by atoms with Crippen LogP contribution in [0.3, 0.4) is 0 Å². The zero-order valence-corrected chi connectivity index (χ0v) is 17.3. The third-order valence-electron chi connectivity index (χ3n) is 4.53. The maximum atomic E-state index is 12.7. The van der Waals surface area contributed by atoms with Gasteiger partial charge in [0.05, 0.1) is 33.6 Å². The highest BCUT2D eigenvalue weighted by atomic mass is 16.5. The van der Waals surface area contributed by atoms with Crippen molar-refractivity contribution < 1.29 is 19.0 Å². The van der Waals surface area contributed by atoms with Gasteiger partial charge in [0.1, 0.15) is 5.56 Å². The highest BCUT2D eigenvalue weighted by Gasteiger charge is 2.17. The first kappa shape index (κ1) is 21.6. The predicted octanol–water partition coefficient (Wildman–Crippen LogP) is 0.936. The van der Waals surface area contributed by atoms with Gasteiger partial charge in [-0.05, 0) is 29.8 Å². The first-order valence-electron chi connectivity index (χ1n) is 9.28. The van der Waals surface area contributed by atoms with Gasteiger partial charge in [0.25, 0.3) is 11.5 Å². The van der Waals surface area contributed by atoms with Crippen molar-refractivity contribution in [3.05, 3.63) is 80.4 Å². The highest BCUT2D eigenvalue weighted by Crippen LogP contribution is 2.38. The van der Waals surface area contributed by atoms with Gasteiger partial charge in [-0.25, -0.2) is 4.79 Å². The Balaban J connectivity index is 1.82. The fourth-order valence-electron chi connectivity index (χ4n) is 2.99. The zero-order chi connectivity index (χ0) is 22.4. The van der Waals surface area contributed by atoms with Crippen LogP contribution in [-0.4, -0.2) is 41.8 Å². The Labute approximate surface area is 177 Å². The average molecular weight is 426 g/mol. The number of methoxy groups -OCH3 is 3. The summed E-state index contributed by atoms with van der Waals surface area (Å²) in [6.45, 7) is 0.0390. The van der Waals surface area contributed by atoms with Crippen LogP contribution in [-0.2, 0) is 13.1 Å². The van der Waals surface area contributed by atoms with Crippen LogP contribution in [0.1, 0.15) is 21.6 Å². The van der Waals surface area contributed by atoms with Crippen LogP contribution < -0.4 is 30.8 Å². The summed E-state index contributed by atoms with van der Waals surface area (Å²) in [6, 6.07) is 8.53. The molecule has 31 heavy (non-hydrogen) atoms. The number of aromatic amines is 1. The molecule has 10 heteroatoms. The second-order valence-corrected chi connectivity index (χ2v) is 6.44. The van der Waals surface area contributed by atoms with Crippen LogP contribution in [0.5, 0.6) is 17.2 Å². The molecule has 0 aliphatic carbocycles. The van der Waals surface area contributed by atoms with Crippen LogP contribution >= 0.6 is 0 Å². The van der Waals surface area contributed by atoms with Crippen LogP contribution in [0, 0.1) is 0 Å². The molecule has 0 spiro atoms. The number of hydrogen-bond acceptors (Lipinski definition) is 7. The lowest BCUT2D eigenvalue weighted by atomic mass is 10.1. The Kier molecular flexibility index (Phi) is 6.71. The second kappa shape index (κ2) is 9.61. The maximum Gasteiger partial charge on any atom is 0.328 e. The minimum Gasteiger partial charge on any atom is -0.493 e. The summed E-state index contributed by atoms with van der Waals surface area (Å²) < 4.78 is 16.8. The summed E-state index contributed by atoms with van der Waals surface area (Å²) in [7, 11) is 4.47. The van der Waals surface area contributed by atoms with Gasteiger partial charge >= 0.3 is 5.69 Å². The summed E-state index contributed by atoms with van der Waals surface area (Å²) in [5.74, 6) is 0.670. The molecule has 10 nitrogen and oxygen atoms in total. The number of carbonyl (C=O) groups excluding carboxylic acids is 1. The van der Waals surface area contributed by atoms with Crippen LogP contribution in [0.2, 0.25) is 0 Å². The van der Waals surface area contributed by atoms with Crippen molar-refractivity contribution in [2.75, 3.05) is 21.3 Å². The lowest BCUT2D eigenvalue weighted by Gasteiger charge is -2.14. The third kappa shape index (κ3) is 4.74. The normalized spacial score (nSPS) is 10.4. The highest BCUT2D eigenvalue weighted by molar-refractivity contribution is 5.93. The van der Waals surface area contributed by atoms with Gasteiger partial charge in [0.15, 0.2) is 11.5 Å². The number of nitrogens with one attached hydrogen (secondary N) is 2. The minimum absolute atomic E-state index is 0.0526. The van der Waals surface area contributed by atoms with Gasteiger partial charge < -0.3 is 24.5 Å². The minimum atomic E-state index is -0.711. The quantitative estimate of drug-likeness (QED) is 0.549. The van der Waals surface area contributed by atoms with Crippen molar-refractivity contribution in [3.8, 4) is 17.2 Å². The first-order chi connectivity index (χ1) is 15.0. The van der Waals surface area contributed by atoms with E-state index in [9.17, 15) is 14.4 Å². The Morgan fingerprint density at radius 3 is 2.39 bits per heavy atom. The van der Waals surface area contributed by atoms with Crippen molar-refractivity contribution in [1.29, 1.82) is 0 Å². The Morgan fingerprint density at radius 1 is 1.10 bits per heavy atom. The number of ether oxygens (including phenoxy) is 3. The molecule has 0 saturated heterocycles. The maximum absolute atomic E-state index is 12.7. The SMILES string of the molecule is COc1cc(CNC(=O)c2c[nH]c(=O)n(Cc3ccccn3)c2=O)cc(OC)c1OC. The number of aromatic nitrogens is 3. The monoisotopic (exact) mass is 426 g/mol. The van der Waals surface area contributed by atoms with Gasteiger partial charge in [-0.1, -0.05) is 6.07 Å². The largest absolute Gasteiger partial charge is 0.493 e. The second-order valence-electron chi connectivity index (χ2n) is 6.44. The summed E-state index contributed by atoms with van der Waals surface area (Å²) in [4.78, 5) is 44.0. The fraction of sp³-hybridized carbons (Fsp3) is 0.238. The summed E-state index contributed by atoms with van der Waals surface area (Å²) in [5, 5.41) is 2.66. The van der Waals surface area contributed by atoms with Crippen molar-refractivity contribution >= 4 is 5.91 Å². The molecule has 0 atom stereocenters. The van der Waals surface area contributed by atoms with Gasteiger partial charge in [-0.3, -0.25) is 19.1 Å². The van der Waals surface area contributed by atoms with Gasteiger partial charge in [-0.2, -0.15) is 0 Å². The van der Waals surface area contributed by atoms with E-state index in [1.165, 1.54) is 21.3 Å². The van der Waals surface area contributed by atoms with Crippen molar-refractivity contribution in [3.63, 3.8) is 0 Å². The van der Waals surface area contributed by atoms with E-state index in [4.69, 9.17) is 14.2 Å². The lowest BCUT2D eigenvalue weighted by Crippen LogP contribution is -2.40. The van der Waals surface area contributed by atoms with Gasteiger partial charge in [0.2, 0.25) is 5.75 Å². The number of H-pyrrole nitrogens is 1. The molecule has 2 aromatic heterocycles. The molecule has 0 radical (unpaired) electrons. The molecular formula is C21H22N4O6. The molecule has 2 N–H and O–H groups in total. The van der Waals surface area contributed by atoms with Crippen LogP contribution in [0.15, 0.2) is 52.3 Å². The average Bonchev–Trinajstić information content (AvgIpc) is 2.80. The van der Waals surface area contributed by atoms with Crippen molar-refractivity contribution in [2.45, 2.75) is 13.1 Å². The standard InChI is InChI=1S/C21H22N4O6/c1-29-16-8-13(9-17(30-2)18(16)31-3)10-23-19(26)15-11-24-21(28)25(20(15)27)12-14-6-4-5-7-22-14/h4-9,11H,10,12H2,1-3H3,(H,23,26)(H,24,28). The molecule has 1 aromatic carbocycles.